The number of ether oxygens (including phenoxy) is 1. The van der Waals surface area contributed by atoms with Gasteiger partial charge in [-0.15, -0.1) is 5.10 Å². The van der Waals surface area contributed by atoms with Crippen LogP contribution in [0.2, 0.25) is 0 Å². The number of pyridine rings is 1. The van der Waals surface area contributed by atoms with Crippen molar-refractivity contribution in [3.63, 3.8) is 0 Å². The fourth-order valence-corrected chi connectivity index (χ4v) is 4.05. The van der Waals surface area contributed by atoms with E-state index < -0.39 is 29.4 Å². The fourth-order valence-electron chi connectivity index (χ4n) is 4.05. The molecule has 9 heteroatoms. The quantitative estimate of drug-likeness (QED) is 0.357. The van der Waals surface area contributed by atoms with Crippen molar-refractivity contribution in [1.82, 2.24) is 14.8 Å². The van der Waals surface area contributed by atoms with Crippen LogP contribution in [0.3, 0.4) is 0 Å². The van der Waals surface area contributed by atoms with Gasteiger partial charge < -0.3 is 9.84 Å². The van der Waals surface area contributed by atoms with Crippen LogP contribution in [0.1, 0.15) is 37.0 Å². The second-order valence-electron chi connectivity index (χ2n) is 8.72. The number of carbonyl (C=O) groups excluding carboxylic acids is 1. The van der Waals surface area contributed by atoms with Crippen molar-refractivity contribution in [2.45, 2.75) is 31.3 Å². The molecule has 1 atom stereocenters. The standard InChI is InChI=1S/C27H23FN4O4/c1-17(18-5-3-2-4-6-18)36-26(35)30-24-22(28)16-32(31-24)21-11-12-23(29-15-21)19-7-9-20(10-8-19)27(13-14-27)25(33)34/h2-12,15-17H,13-14H2,1H3,(H,33,34)(H,30,31,35). The number of aliphatic carboxylic acids is 1. The summed E-state index contributed by atoms with van der Waals surface area (Å²) >= 11 is 0. The Morgan fingerprint density at radius 3 is 2.42 bits per heavy atom. The number of benzene rings is 2. The largest absolute Gasteiger partial charge is 0.481 e. The highest BCUT2D eigenvalue weighted by molar-refractivity contribution is 5.85. The number of halogens is 1. The number of carbonyl (C=O) groups is 2. The van der Waals surface area contributed by atoms with Crippen LogP contribution in [0.25, 0.3) is 16.9 Å². The first-order chi connectivity index (χ1) is 17.4. The number of amides is 1. The summed E-state index contributed by atoms with van der Waals surface area (Å²) < 4.78 is 21.0. The molecule has 8 nitrogen and oxygen atoms in total. The van der Waals surface area contributed by atoms with Crippen LogP contribution in [-0.2, 0) is 14.9 Å². The molecule has 0 radical (unpaired) electrons. The molecule has 1 unspecified atom stereocenters. The minimum Gasteiger partial charge on any atom is -0.481 e. The van der Waals surface area contributed by atoms with Crippen molar-refractivity contribution in [3.05, 3.63) is 96.1 Å². The second-order valence-corrected chi connectivity index (χ2v) is 8.72. The first kappa shape index (κ1) is 23.2. The zero-order valence-electron chi connectivity index (χ0n) is 19.4. The summed E-state index contributed by atoms with van der Waals surface area (Å²) in [5.41, 5.74) is 2.85. The molecule has 4 aromatic rings. The van der Waals surface area contributed by atoms with Gasteiger partial charge in [0.2, 0.25) is 0 Å². The van der Waals surface area contributed by atoms with Gasteiger partial charge in [-0.3, -0.25) is 15.1 Å². The predicted molar refractivity (Wildman–Crippen MR) is 130 cm³/mol. The van der Waals surface area contributed by atoms with Crippen molar-refractivity contribution >= 4 is 17.9 Å². The van der Waals surface area contributed by atoms with E-state index in [0.29, 0.717) is 24.2 Å². The number of aromatic nitrogens is 3. The van der Waals surface area contributed by atoms with Gasteiger partial charge in [-0.1, -0.05) is 54.6 Å². The van der Waals surface area contributed by atoms with E-state index in [1.165, 1.54) is 10.9 Å². The molecule has 182 valence electrons. The first-order valence-electron chi connectivity index (χ1n) is 11.4. The molecular weight excluding hydrogens is 463 g/mol. The number of rotatable bonds is 7. The van der Waals surface area contributed by atoms with Crippen LogP contribution >= 0.6 is 0 Å². The monoisotopic (exact) mass is 486 g/mol. The average Bonchev–Trinajstić information content (AvgIpc) is 3.64. The maximum Gasteiger partial charge on any atom is 0.413 e. The van der Waals surface area contributed by atoms with Crippen LogP contribution in [0.15, 0.2) is 79.1 Å². The Bertz CT molecular complexity index is 1400. The number of carboxylic acids is 1. The lowest BCUT2D eigenvalue weighted by atomic mass is 9.95. The lowest BCUT2D eigenvalue weighted by Crippen LogP contribution is -2.19. The molecule has 0 saturated heterocycles. The van der Waals surface area contributed by atoms with E-state index in [4.69, 9.17) is 4.74 Å². The number of anilines is 1. The van der Waals surface area contributed by atoms with Crippen molar-refractivity contribution in [1.29, 1.82) is 0 Å². The molecule has 0 bridgehead atoms. The fraction of sp³-hybridized carbons (Fsp3) is 0.185. The van der Waals surface area contributed by atoms with Gasteiger partial charge in [0.1, 0.15) is 6.10 Å². The van der Waals surface area contributed by atoms with Crippen molar-refractivity contribution in [3.8, 4) is 16.9 Å². The Balaban J connectivity index is 1.25. The van der Waals surface area contributed by atoms with E-state index in [9.17, 15) is 19.1 Å². The highest BCUT2D eigenvalue weighted by atomic mass is 19.1. The summed E-state index contributed by atoms with van der Waals surface area (Å²) in [6, 6.07) is 20.0. The molecule has 5 rings (SSSR count). The van der Waals surface area contributed by atoms with Gasteiger partial charge in [0, 0.05) is 5.56 Å². The predicted octanol–water partition coefficient (Wildman–Crippen LogP) is 5.50. The highest BCUT2D eigenvalue weighted by Crippen LogP contribution is 2.48. The smallest absolute Gasteiger partial charge is 0.413 e. The molecule has 0 spiro atoms. The Morgan fingerprint density at radius 1 is 1.08 bits per heavy atom. The third-order valence-electron chi connectivity index (χ3n) is 6.35. The Morgan fingerprint density at radius 2 is 1.81 bits per heavy atom. The summed E-state index contributed by atoms with van der Waals surface area (Å²) in [4.78, 5) is 28.2. The molecule has 1 aliphatic rings. The normalized spacial score (nSPS) is 14.6. The molecule has 0 aliphatic heterocycles. The van der Waals surface area contributed by atoms with E-state index in [2.05, 4.69) is 15.4 Å². The summed E-state index contributed by atoms with van der Waals surface area (Å²) in [6.07, 6.45) is 2.65. The molecule has 36 heavy (non-hydrogen) atoms. The molecule has 1 saturated carbocycles. The van der Waals surface area contributed by atoms with Crippen molar-refractivity contribution < 1.29 is 23.8 Å². The van der Waals surface area contributed by atoms with Crippen LogP contribution in [-0.4, -0.2) is 31.9 Å². The maximum atomic E-state index is 14.4. The third kappa shape index (κ3) is 4.55. The van der Waals surface area contributed by atoms with E-state index in [1.54, 1.807) is 19.1 Å². The van der Waals surface area contributed by atoms with Crippen LogP contribution in [0.5, 0.6) is 0 Å². The summed E-state index contributed by atoms with van der Waals surface area (Å²) in [5, 5.41) is 15.9. The van der Waals surface area contributed by atoms with Crippen LogP contribution in [0.4, 0.5) is 15.0 Å². The zero-order chi connectivity index (χ0) is 25.3. The molecule has 2 N–H and O–H groups in total. The topological polar surface area (TPSA) is 106 Å². The first-order valence-corrected chi connectivity index (χ1v) is 11.4. The molecule has 1 amide bonds. The Hall–Kier alpha value is -4.53. The maximum absolute atomic E-state index is 14.4. The lowest BCUT2D eigenvalue weighted by molar-refractivity contribution is -0.140. The van der Waals surface area contributed by atoms with E-state index in [-0.39, 0.29) is 5.82 Å². The summed E-state index contributed by atoms with van der Waals surface area (Å²) in [7, 11) is 0. The SMILES string of the molecule is CC(OC(=O)Nc1nn(-c2ccc(-c3ccc(C4(C(=O)O)CC4)cc3)nc2)cc1F)c1ccccc1. The highest BCUT2D eigenvalue weighted by Gasteiger charge is 2.51. The molecule has 2 aromatic heterocycles. The molecule has 1 fully saturated rings. The van der Waals surface area contributed by atoms with Gasteiger partial charge in [-0.2, -0.15) is 0 Å². The lowest BCUT2D eigenvalue weighted by Gasteiger charge is -2.13. The van der Waals surface area contributed by atoms with Crippen molar-refractivity contribution in [2.24, 2.45) is 0 Å². The second kappa shape index (κ2) is 9.26. The number of hydrogen-bond donors (Lipinski definition) is 2. The van der Waals surface area contributed by atoms with Gasteiger partial charge in [0.25, 0.3) is 0 Å². The number of nitrogens with zero attached hydrogens (tertiary/aromatic N) is 3. The van der Waals surface area contributed by atoms with E-state index in [0.717, 1.165) is 22.9 Å². The van der Waals surface area contributed by atoms with Crippen LogP contribution < -0.4 is 5.32 Å². The van der Waals surface area contributed by atoms with Crippen molar-refractivity contribution in [2.75, 3.05) is 5.32 Å². The average molecular weight is 487 g/mol. The Labute approximate surface area is 206 Å². The number of hydrogen-bond acceptors (Lipinski definition) is 5. The molecule has 1 aliphatic carbocycles. The summed E-state index contributed by atoms with van der Waals surface area (Å²) in [5.74, 6) is -1.77. The zero-order valence-corrected chi connectivity index (χ0v) is 19.4. The van der Waals surface area contributed by atoms with Gasteiger partial charge >= 0.3 is 12.1 Å². The number of nitrogens with one attached hydrogen (secondary N) is 1. The molecule has 2 aromatic carbocycles. The number of carboxylic acid groups (broad SMARTS) is 1. The minimum atomic E-state index is -0.816. The van der Waals surface area contributed by atoms with Gasteiger partial charge in [-0.05, 0) is 43.0 Å². The summed E-state index contributed by atoms with van der Waals surface area (Å²) in [6.45, 7) is 1.72. The van der Waals surface area contributed by atoms with E-state index in [1.807, 2.05) is 54.6 Å². The molecule has 2 heterocycles. The van der Waals surface area contributed by atoms with Gasteiger partial charge in [0.15, 0.2) is 11.6 Å². The van der Waals surface area contributed by atoms with Gasteiger partial charge in [0.05, 0.1) is 29.2 Å². The molecular formula is C27H23FN4O4. The minimum absolute atomic E-state index is 0.257. The van der Waals surface area contributed by atoms with Crippen LogP contribution in [0, 0.1) is 5.82 Å². The van der Waals surface area contributed by atoms with Gasteiger partial charge in [-0.25, -0.2) is 13.9 Å². The Kier molecular flexibility index (Phi) is 5.97. The third-order valence-corrected chi connectivity index (χ3v) is 6.35. The van der Waals surface area contributed by atoms with E-state index >= 15 is 0 Å².